The molecule has 2 rings (SSSR count). The average Bonchev–Trinajstić information content (AvgIpc) is 2.90. The van der Waals surface area contributed by atoms with Gasteiger partial charge in [0.05, 0.1) is 13.2 Å². The Morgan fingerprint density at radius 1 is 1.08 bits per heavy atom. The summed E-state index contributed by atoms with van der Waals surface area (Å²) in [5.41, 5.74) is 0. The van der Waals surface area contributed by atoms with Gasteiger partial charge in [-0.3, -0.25) is 0 Å². The molecule has 1 fully saturated rings. The molecule has 1 aliphatic carbocycles. The highest BCUT2D eigenvalue weighted by atomic mass is 16.5. The van der Waals surface area contributed by atoms with Crippen LogP contribution in [0, 0.1) is 0 Å². The van der Waals surface area contributed by atoms with E-state index in [4.69, 9.17) is 9.47 Å². The van der Waals surface area contributed by atoms with Crippen molar-refractivity contribution in [1.82, 2.24) is 0 Å². The SMILES string of the molecule is COc1ccc(OC2CC2)cc1. The normalized spacial score (nSPS) is 15.8. The Bertz CT molecular complexity index is 249. The topological polar surface area (TPSA) is 18.5 Å². The molecule has 2 heteroatoms. The minimum absolute atomic E-state index is 0.471. The van der Waals surface area contributed by atoms with Crippen molar-refractivity contribution in [1.29, 1.82) is 0 Å². The smallest absolute Gasteiger partial charge is 0.119 e. The fraction of sp³-hybridized carbons (Fsp3) is 0.400. The maximum Gasteiger partial charge on any atom is 0.119 e. The van der Waals surface area contributed by atoms with Crippen molar-refractivity contribution in [2.45, 2.75) is 18.9 Å². The Morgan fingerprint density at radius 3 is 2.17 bits per heavy atom. The molecule has 0 aliphatic heterocycles. The van der Waals surface area contributed by atoms with Crippen molar-refractivity contribution < 1.29 is 9.47 Å². The van der Waals surface area contributed by atoms with Gasteiger partial charge < -0.3 is 9.47 Å². The molecule has 0 bridgehead atoms. The Kier molecular flexibility index (Phi) is 1.90. The van der Waals surface area contributed by atoms with Gasteiger partial charge in [0.2, 0.25) is 0 Å². The number of hydrogen-bond acceptors (Lipinski definition) is 2. The predicted molar refractivity (Wildman–Crippen MR) is 46.6 cm³/mol. The molecule has 12 heavy (non-hydrogen) atoms. The summed E-state index contributed by atoms with van der Waals surface area (Å²) < 4.78 is 10.6. The molecule has 0 atom stereocenters. The first kappa shape index (κ1) is 7.47. The molecule has 2 nitrogen and oxygen atoms in total. The van der Waals surface area contributed by atoms with Gasteiger partial charge in [-0.1, -0.05) is 0 Å². The van der Waals surface area contributed by atoms with E-state index in [0.717, 1.165) is 11.5 Å². The minimum Gasteiger partial charge on any atom is -0.497 e. The van der Waals surface area contributed by atoms with Crippen LogP contribution in [-0.4, -0.2) is 13.2 Å². The van der Waals surface area contributed by atoms with Crippen LogP contribution < -0.4 is 9.47 Å². The van der Waals surface area contributed by atoms with E-state index < -0.39 is 0 Å². The standard InChI is InChI=1S/C10H12O2/c1-11-8-2-4-9(5-3-8)12-10-6-7-10/h2-5,10H,6-7H2,1H3. The molecule has 0 N–H and O–H groups in total. The van der Waals surface area contributed by atoms with Crippen molar-refractivity contribution in [2.75, 3.05) is 7.11 Å². The van der Waals surface area contributed by atoms with Crippen LogP contribution in [0.3, 0.4) is 0 Å². The summed E-state index contributed by atoms with van der Waals surface area (Å²) in [6.45, 7) is 0. The second-order valence-corrected chi connectivity index (χ2v) is 2.99. The first-order chi connectivity index (χ1) is 5.88. The summed E-state index contributed by atoms with van der Waals surface area (Å²) in [5.74, 6) is 1.82. The maximum atomic E-state index is 5.57. The summed E-state index contributed by atoms with van der Waals surface area (Å²) in [4.78, 5) is 0. The molecule has 1 saturated carbocycles. The maximum absolute atomic E-state index is 5.57. The van der Waals surface area contributed by atoms with Crippen molar-refractivity contribution in [3.8, 4) is 11.5 Å². The summed E-state index contributed by atoms with van der Waals surface area (Å²) in [6, 6.07) is 7.71. The van der Waals surface area contributed by atoms with E-state index in [2.05, 4.69) is 0 Å². The van der Waals surface area contributed by atoms with Gasteiger partial charge in [-0.2, -0.15) is 0 Å². The second-order valence-electron chi connectivity index (χ2n) is 2.99. The second kappa shape index (κ2) is 3.05. The molecule has 0 saturated heterocycles. The molecule has 0 heterocycles. The first-order valence-electron chi connectivity index (χ1n) is 4.19. The van der Waals surface area contributed by atoms with E-state index in [1.165, 1.54) is 12.8 Å². The third-order valence-corrected chi connectivity index (χ3v) is 1.89. The highest BCUT2D eigenvalue weighted by molar-refractivity contribution is 5.31. The number of methoxy groups -OCH3 is 1. The molecule has 64 valence electrons. The molecule has 0 radical (unpaired) electrons. The zero-order valence-electron chi connectivity index (χ0n) is 7.12. The van der Waals surface area contributed by atoms with Gasteiger partial charge in [0.1, 0.15) is 11.5 Å². The van der Waals surface area contributed by atoms with Crippen molar-refractivity contribution in [3.63, 3.8) is 0 Å². The fourth-order valence-electron chi connectivity index (χ4n) is 1.03. The molecule has 0 spiro atoms. The average molecular weight is 164 g/mol. The molecule has 1 aromatic rings. The number of benzene rings is 1. The van der Waals surface area contributed by atoms with E-state index in [9.17, 15) is 0 Å². The highest BCUT2D eigenvalue weighted by Crippen LogP contribution is 2.27. The van der Waals surface area contributed by atoms with Crippen molar-refractivity contribution in [3.05, 3.63) is 24.3 Å². The summed E-state index contributed by atoms with van der Waals surface area (Å²) in [7, 11) is 1.66. The quantitative estimate of drug-likeness (QED) is 0.682. The van der Waals surface area contributed by atoms with Crippen LogP contribution in [0.25, 0.3) is 0 Å². The van der Waals surface area contributed by atoms with Gasteiger partial charge in [-0.05, 0) is 37.1 Å². The third kappa shape index (κ3) is 1.70. The van der Waals surface area contributed by atoms with Crippen LogP contribution in [0.2, 0.25) is 0 Å². The Hall–Kier alpha value is -1.18. The first-order valence-corrected chi connectivity index (χ1v) is 4.19. The Morgan fingerprint density at radius 2 is 1.67 bits per heavy atom. The Labute approximate surface area is 72.1 Å². The van der Waals surface area contributed by atoms with Gasteiger partial charge in [0.15, 0.2) is 0 Å². The van der Waals surface area contributed by atoms with E-state index in [1.54, 1.807) is 7.11 Å². The van der Waals surface area contributed by atoms with Gasteiger partial charge >= 0.3 is 0 Å². The minimum atomic E-state index is 0.471. The monoisotopic (exact) mass is 164 g/mol. The Balaban J connectivity index is 2.02. The predicted octanol–water partition coefficient (Wildman–Crippen LogP) is 2.24. The summed E-state index contributed by atoms with van der Waals surface area (Å²) in [6.07, 6.45) is 2.87. The van der Waals surface area contributed by atoms with E-state index in [1.807, 2.05) is 24.3 Å². The number of rotatable bonds is 3. The number of hydrogen-bond donors (Lipinski definition) is 0. The van der Waals surface area contributed by atoms with Gasteiger partial charge in [-0.25, -0.2) is 0 Å². The van der Waals surface area contributed by atoms with Gasteiger partial charge in [-0.15, -0.1) is 0 Å². The van der Waals surface area contributed by atoms with Crippen LogP contribution in [0.1, 0.15) is 12.8 Å². The van der Waals surface area contributed by atoms with Crippen LogP contribution in [-0.2, 0) is 0 Å². The van der Waals surface area contributed by atoms with Crippen LogP contribution in [0.4, 0.5) is 0 Å². The molecular weight excluding hydrogens is 152 g/mol. The van der Waals surface area contributed by atoms with Crippen molar-refractivity contribution >= 4 is 0 Å². The lowest BCUT2D eigenvalue weighted by molar-refractivity contribution is 0.302. The largest absolute Gasteiger partial charge is 0.497 e. The summed E-state index contributed by atoms with van der Waals surface area (Å²) >= 11 is 0. The fourth-order valence-corrected chi connectivity index (χ4v) is 1.03. The lowest BCUT2D eigenvalue weighted by Crippen LogP contribution is -1.95. The summed E-state index contributed by atoms with van der Waals surface area (Å²) in [5, 5.41) is 0. The highest BCUT2D eigenvalue weighted by Gasteiger charge is 2.23. The van der Waals surface area contributed by atoms with E-state index in [-0.39, 0.29) is 0 Å². The number of ether oxygens (including phenoxy) is 2. The van der Waals surface area contributed by atoms with Gasteiger partial charge in [0.25, 0.3) is 0 Å². The third-order valence-electron chi connectivity index (χ3n) is 1.89. The zero-order valence-corrected chi connectivity index (χ0v) is 7.12. The molecule has 1 aromatic carbocycles. The van der Waals surface area contributed by atoms with Gasteiger partial charge in [0, 0.05) is 0 Å². The van der Waals surface area contributed by atoms with Crippen molar-refractivity contribution in [2.24, 2.45) is 0 Å². The zero-order chi connectivity index (χ0) is 8.39. The van der Waals surface area contributed by atoms with Crippen LogP contribution in [0.15, 0.2) is 24.3 Å². The van der Waals surface area contributed by atoms with E-state index in [0.29, 0.717) is 6.10 Å². The molecule has 0 aromatic heterocycles. The molecule has 1 aliphatic rings. The van der Waals surface area contributed by atoms with E-state index >= 15 is 0 Å². The lowest BCUT2D eigenvalue weighted by atomic mass is 10.3. The van der Waals surface area contributed by atoms with Crippen LogP contribution in [0.5, 0.6) is 11.5 Å². The lowest BCUT2D eigenvalue weighted by Gasteiger charge is -2.04. The molecule has 0 amide bonds. The molecular formula is C10H12O2. The molecule has 0 unspecified atom stereocenters. The van der Waals surface area contributed by atoms with Crippen LogP contribution >= 0.6 is 0 Å².